The molecule has 0 aliphatic heterocycles. The molecule has 58 valence electrons. The van der Waals surface area contributed by atoms with E-state index in [1.807, 2.05) is 0 Å². The van der Waals surface area contributed by atoms with Crippen molar-refractivity contribution >= 4 is 33.6 Å². The van der Waals surface area contributed by atoms with Crippen molar-refractivity contribution in [3.05, 3.63) is 39.6 Å². The van der Waals surface area contributed by atoms with E-state index >= 15 is 0 Å². The van der Waals surface area contributed by atoms with E-state index in [1.54, 1.807) is 12.1 Å². The minimum Gasteiger partial charge on any atom is -0.205 e. The van der Waals surface area contributed by atoms with E-state index in [1.165, 1.54) is 6.08 Å². The average Bonchev–Trinajstić information content (AvgIpc) is 2.01. The maximum atomic E-state index is 13.0. The number of hydrogen-bond acceptors (Lipinski definition) is 0. The molecule has 1 aromatic carbocycles. The van der Waals surface area contributed by atoms with Gasteiger partial charge in [-0.1, -0.05) is 30.3 Å². The quantitative estimate of drug-likeness (QED) is 0.648. The van der Waals surface area contributed by atoms with Gasteiger partial charge in [-0.15, -0.1) is 0 Å². The summed E-state index contributed by atoms with van der Waals surface area (Å²) in [4.78, 5) is 0. The lowest BCUT2D eigenvalue weighted by molar-refractivity contribution is 0.624. The first-order valence-corrected chi connectivity index (χ1v) is 4.10. The summed E-state index contributed by atoms with van der Waals surface area (Å²) in [6, 6.07) is 3.29. The summed E-state index contributed by atoms with van der Waals surface area (Å²) in [5, 5.41) is 0.0994. The minimum atomic E-state index is -0.434. The second-order valence-corrected chi connectivity index (χ2v) is 3.20. The van der Waals surface area contributed by atoms with Crippen LogP contribution in [-0.2, 0) is 0 Å². The third-order valence-electron chi connectivity index (χ3n) is 1.28. The van der Waals surface area contributed by atoms with E-state index in [-0.39, 0.29) is 5.02 Å². The SMILES string of the molecule is C=Cc1ccc(Br)c(Cl)c1F. The van der Waals surface area contributed by atoms with Crippen LogP contribution < -0.4 is 0 Å². The van der Waals surface area contributed by atoms with Gasteiger partial charge in [0, 0.05) is 10.0 Å². The molecule has 0 aliphatic rings. The van der Waals surface area contributed by atoms with Crippen LogP contribution in [0.3, 0.4) is 0 Å². The van der Waals surface area contributed by atoms with Gasteiger partial charge in [-0.2, -0.15) is 0 Å². The van der Waals surface area contributed by atoms with Gasteiger partial charge in [-0.3, -0.25) is 0 Å². The highest BCUT2D eigenvalue weighted by Crippen LogP contribution is 2.27. The van der Waals surface area contributed by atoms with E-state index in [0.717, 1.165) is 0 Å². The zero-order valence-electron chi connectivity index (χ0n) is 5.57. The Morgan fingerprint density at radius 1 is 1.55 bits per heavy atom. The Morgan fingerprint density at radius 2 is 2.18 bits per heavy atom. The molecule has 0 nitrogen and oxygen atoms in total. The average molecular weight is 235 g/mol. The second kappa shape index (κ2) is 3.37. The van der Waals surface area contributed by atoms with Crippen LogP contribution in [0.25, 0.3) is 6.08 Å². The molecule has 0 spiro atoms. The smallest absolute Gasteiger partial charge is 0.150 e. The Labute approximate surface area is 77.8 Å². The lowest BCUT2D eigenvalue weighted by atomic mass is 10.2. The third kappa shape index (κ3) is 1.63. The van der Waals surface area contributed by atoms with Gasteiger partial charge in [0.05, 0.1) is 5.02 Å². The maximum absolute atomic E-state index is 13.0. The van der Waals surface area contributed by atoms with Crippen LogP contribution >= 0.6 is 27.5 Å². The van der Waals surface area contributed by atoms with E-state index in [2.05, 4.69) is 22.5 Å². The molecule has 0 saturated carbocycles. The van der Waals surface area contributed by atoms with Crippen LogP contribution in [0, 0.1) is 5.82 Å². The summed E-state index contributed by atoms with van der Waals surface area (Å²) in [6.07, 6.45) is 1.42. The maximum Gasteiger partial charge on any atom is 0.150 e. The molecule has 0 atom stereocenters. The summed E-state index contributed by atoms with van der Waals surface area (Å²) in [7, 11) is 0. The van der Waals surface area contributed by atoms with Crippen LogP contribution in [0.15, 0.2) is 23.2 Å². The Bertz CT molecular complexity index is 296. The van der Waals surface area contributed by atoms with Crippen molar-refractivity contribution in [1.82, 2.24) is 0 Å². The summed E-state index contributed by atoms with van der Waals surface area (Å²) in [5.41, 5.74) is 0.415. The molecular weight excluding hydrogens is 230 g/mol. The van der Waals surface area contributed by atoms with Crippen molar-refractivity contribution < 1.29 is 4.39 Å². The number of halogens is 3. The van der Waals surface area contributed by atoms with Gasteiger partial charge < -0.3 is 0 Å². The van der Waals surface area contributed by atoms with Crippen LogP contribution in [0.4, 0.5) is 4.39 Å². The highest BCUT2D eigenvalue weighted by atomic mass is 79.9. The first kappa shape index (κ1) is 8.75. The lowest BCUT2D eigenvalue weighted by Crippen LogP contribution is -1.83. The van der Waals surface area contributed by atoms with Gasteiger partial charge in [-0.25, -0.2) is 4.39 Å². The zero-order chi connectivity index (χ0) is 8.43. The highest BCUT2D eigenvalue weighted by molar-refractivity contribution is 9.10. The van der Waals surface area contributed by atoms with Gasteiger partial charge >= 0.3 is 0 Å². The molecule has 11 heavy (non-hydrogen) atoms. The molecule has 0 fully saturated rings. The molecule has 0 radical (unpaired) electrons. The van der Waals surface area contributed by atoms with Crippen LogP contribution in [0.1, 0.15) is 5.56 Å². The second-order valence-electron chi connectivity index (χ2n) is 1.97. The molecule has 0 aliphatic carbocycles. The van der Waals surface area contributed by atoms with E-state index in [4.69, 9.17) is 11.6 Å². The van der Waals surface area contributed by atoms with Crippen molar-refractivity contribution in [3.63, 3.8) is 0 Å². The van der Waals surface area contributed by atoms with Crippen molar-refractivity contribution in [2.24, 2.45) is 0 Å². The molecule has 0 bridgehead atoms. The fourth-order valence-corrected chi connectivity index (χ4v) is 1.18. The van der Waals surface area contributed by atoms with Crippen LogP contribution in [0.5, 0.6) is 0 Å². The molecule has 0 saturated heterocycles. The number of hydrogen-bond donors (Lipinski definition) is 0. The van der Waals surface area contributed by atoms with Gasteiger partial charge in [0.15, 0.2) is 0 Å². The summed E-state index contributed by atoms with van der Waals surface area (Å²) in [5.74, 6) is -0.434. The summed E-state index contributed by atoms with van der Waals surface area (Å²) >= 11 is 8.70. The fraction of sp³-hybridized carbons (Fsp3) is 0. The normalized spacial score (nSPS) is 9.73. The zero-order valence-corrected chi connectivity index (χ0v) is 7.91. The topological polar surface area (TPSA) is 0 Å². The molecular formula is C8H5BrClF. The Balaban J connectivity index is 3.36. The predicted molar refractivity (Wildman–Crippen MR) is 49.2 cm³/mol. The standard InChI is InChI=1S/C8H5BrClF/c1-2-5-3-4-6(9)7(10)8(5)11/h2-4H,1H2. The van der Waals surface area contributed by atoms with E-state index in [0.29, 0.717) is 10.0 Å². The van der Waals surface area contributed by atoms with Gasteiger partial charge in [-0.05, 0) is 22.0 Å². The van der Waals surface area contributed by atoms with Gasteiger partial charge in [0.2, 0.25) is 0 Å². The molecule has 1 rings (SSSR count). The van der Waals surface area contributed by atoms with Gasteiger partial charge in [0.25, 0.3) is 0 Å². The molecule has 0 heterocycles. The highest BCUT2D eigenvalue weighted by Gasteiger charge is 2.06. The third-order valence-corrected chi connectivity index (χ3v) is 2.54. The van der Waals surface area contributed by atoms with Crippen LogP contribution in [0.2, 0.25) is 5.02 Å². The molecule has 0 unspecified atom stereocenters. The number of benzene rings is 1. The largest absolute Gasteiger partial charge is 0.205 e. The predicted octanol–water partition coefficient (Wildman–Crippen LogP) is 3.88. The molecule has 0 aromatic heterocycles. The van der Waals surface area contributed by atoms with E-state index < -0.39 is 5.82 Å². The molecule has 3 heteroatoms. The van der Waals surface area contributed by atoms with Crippen molar-refractivity contribution in [2.75, 3.05) is 0 Å². The first-order chi connectivity index (χ1) is 5.16. The summed E-state index contributed by atoms with van der Waals surface area (Å²) in [6.45, 7) is 3.45. The minimum absolute atomic E-state index is 0.0994. The summed E-state index contributed by atoms with van der Waals surface area (Å²) < 4.78 is 13.6. The van der Waals surface area contributed by atoms with Gasteiger partial charge in [0.1, 0.15) is 5.82 Å². The Kier molecular flexibility index (Phi) is 2.68. The van der Waals surface area contributed by atoms with Crippen molar-refractivity contribution in [1.29, 1.82) is 0 Å². The van der Waals surface area contributed by atoms with E-state index in [9.17, 15) is 4.39 Å². The fourth-order valence-electron chi connectivity index (χ4n) is 0.698. The molecule has 0 amide bonds. The first-order valence-electron chi connectivity index (χ1n) is 2.92. The number of rotatable bonds is 1. The van der Waals surface area contributed by atoms with Crippen LogP contribution in [-0.4, -0.2) is 0 Å². The Hall–Kier alpha value is -0.340. The van der Waals surface area contributed by atoms with Crippen molar-refractivity contribution in [2.45, 2.75) is 0 Å². The van der Waals surface area contributed by atoms with Crippen molar-refractivity contribution in [3.8, 4) is 0 Å². The monoisotopic (exact) mass is 234 g/mol. The molecule has 1 aromatic rings. The Morgan fingerprint density at radius 3 is 2.73 bits per heavy atom. The molecule has 0 N–H and O–H groups in total. The lowest BCUT2D eigenvalue weighted by Gasteiger charge is -2.00.